The molecule has 5 nitrogen and oxygen atoms in total. The summed E-state index contributed by atoms with van der Waals surface area (Å²) in [4.78, 5) is 24.8. The fourth-order valence-corrected chi connectivity index (χ4v) is 7.98. The number of hydrogen-bond acceptors (Lipinski definition) is 5. The molecule has 0 aromatic carbocycles. The van der Waals surface area contributed by atoms with Gasteiger partial charge in [0.15, 0.2) is 11.6 Å². The second-order valence-corrected chi connectivity index (χ2v) is 9.82. The second kappa shape index (κ2) is 4.73. The third-order valence-corrected chi connectivity index (χ3v) is 9.16. The van der Waals surface area contributed by atoms with Crippen molar-refractivity contribution < 1.29 is 14.3 Å². The van der Waals surface area contributed by atoms with Crippen LogP contribution in [0.3, 0.4) is 0 Å². The molecule has 6 unspecified atom stereocenters. The molecule has 1 spiro atoms. The molecule has 0 amide bonds. The third-order valence-electron chi connectivity index (χ3n) is 9.16. The van der Waals surface area contributed by atoms with E-state index in [0.29, 0.717) is 24.0 Å². The van der Waals surface area contributed by atoms with Crippen LogP contribution in [-0.4, -0.2) is 29.9 Å². The Morgan fingerprint density at radius 2 is 1.96 bits per heavy atom. The van der Waals surface area contributed by atoms with Crippen LogP contribution in [0.1, 0.15) is 58.3 Å². The Morgan fingerprint density at radius 1 is 1.12 bits per heavy atom. The quantitative estimate of drug-likeness (QED) is 0.760. The lowest BCUT2D eigenvalue weighted by molar-refractivity contribution is -0.153. The lowest BCUT2D eigenvalue weighted by Crippen LogP contribution is -2.58. The highest BCUT2D eigenvalue weighted by Crippen LogP contribution is 2.72. The van der Waals surface area contributed by atoms with Crippen molar-refractivity contribution in [3.8, 4) is 0 Å². The Labute approximate surface area is 153 Å². The fourth-order valence-electron chi connectivity index (χ4n) is 7.98. The summed E-state index contributed by atoms with van der Waals surface area (Å²) in [5.41, 5.74) is 1.43. The number of fused-ring (bicyclic) bond motifs is 1. The molecule has 6 atom stereocenters. The minimum absolute atomic E-state index is 0.0262. The monoisotopic (exact) mass is 354 g/mol. The summed E-state index contributed by atoms with van der Waals surface area (Å²) in [5.74, 6) is 1.63. The SMILES string of the molecule is CC12CCC3C45CCC(=O)C=C4CCC3(OC5)C1CCC2C(=O)C1N=N1. The topological polar surface area (TPSA) is 68.1 Å². The predicted octanol–water partition coefficient (Wildman–Crippen LogP) is 3.63. The van der Waals surface area contributed by atoms with Gasteiger partial charge in [-0.1, -0.05) is 12.5 Å². The van der Waals surface area contributed by atoms with Gasteiger partial charge >= 0.3 is 0 Å². The molecular weight excluding hydrogens is 328 g/mol. The molecule has 6 aliphatic rings. The number of carbonyl (C=O) groups excluding carboxylic acids is 2. The number of ether oxygens (including phenoxy) is 1. The van der Waals surface area contributed by atoms with Gasteiger partial charge in [-0.3, -0.25) is 9.59 Å². The van der Waals surface area contributed by atoms with Crippen molar-refractivity contribution in [2.75, 3.05) is 6.61 Å². The average Bonchev–Trinajstić information content (AvgIpc) is 3.37. The zero-order valence-electron chi connectivity index (χ0n) is 15.4. The van der Waals surface area contributed by atoms with Crippen LogP contribution >= 0.6 is 0 Å². The molecule has 4 fully saturated rings. The van der Waals surface area contributed by atoms with Gasteiger partial charge < -0.3 is 4.74 Å². The maximum Gasteiger partial charge on any atom is 0.238 e. The molecule has 2 bridgehead atoms. The third kappa shape index (κ3) is 1.67. The van der Waals surface area contributed by atoms with Crippen LogP contribution in [0.5, 0.6) is 0 Å². The van der Waals surface area contributed by atoms with Crippen LogP contribution in [0.4, 0.5) is 0 Å². The van der Waals surface area contributed by atoms with Crippen LogP contribution in [0.15, 0.2) is 21.9 Å². The van der Waals surface area contributed by atoms with Gasteiger partial charge in [0, 0.05) is 17.8 Å². The fraction of sp³-hybridized carbons (Fsp3) is 0.810. The molecule has 1 saturated heterocycles. The van der Waals surface area contributed by atoms with Crippen molar-refractivity contribution in [3.63, 3.8) is 0 Å². The van der Waals surface area contributed by atoms with Gasteiger partial charge in [-0.25, -0.2) is 0 Å². The first kappa shape index (κ1) is 15.7. The molecule has 3 saturated carbocycles. The summed E-state index contributed by atoms with van der Waals surface area (Å²) in [6.45, 7) is 3.12. The van der Waals surface area contributed by atoms with Crippen molar-refractivity contribution >= 4 is 11.6 Å². The van der Waals surface area contributed by atoms with Crippen molar-refractivity contribution in [3.05, 3.63) is 11.6 Å². The normalized spacial score (nSPS) is 51.5. The zero-order chi connectivity index (χ0) is 17.7. The Kier molecular flexibility index (Phi) is 2.85. The minimum atomic E-state index is -0.369. The van der Waals surface area contributed by atoms with Gasteiger partial charge in [0.05, 0.1) is 12.2 Å². The van der Waals surface area contributed by atoms with Crippen LogP contribution in [-0.2, 0) is 14.3 Å². The Hall–Kier alpha value is -1.36. The van der Waals surface area contributed by atoms with E-state index in [9.17, 15) is 9.59 Å². The Bertz CT molecular complexity index is 782. The van der Waals surface area contributed by atoms with E-state index >= 15 is 0 Å². The largest absolute Gasteiger partial charge is 0.373 e. The number of Topliss-reactive ketones (excluding diaryl/α,β-unsaturated/α-hetero) is 1. The summed E-state index contributed by atoms with van der Waals surface area (Å²) in [7, 11) is 0. The van der Waals surface area contributed by atoms with Gasteiger partial charge in [0.1, 0.15) is 0 Å². The first-order valence-electron chi connectivity index (χ1n) is 10.3. The first-order chi connectivity index (χ1) is 12.5. The lowest BCUT2D eigenvalue weighted by Gasteiger charge is -2.58. The molecule has 0 aromatic rings. The number of hydrogen-bond donors (Lipinski definition) is 0. The molecule has 0 radical (unpaired) electrons. The highest BCUT2D eigenvalue weighted by molar-refractivity contribution is 5.92. The van der Waals surface area contributed by atoms with Gasteiger partial charge in [-0.2, -0.15) is 10.2 Å². The molecule has 2 heterocycles. The van der Waals surface area contributed by atoms with Crippen LogP contribution < -0.4 is 0 Å². The van der Waals surface area contributed by atoms with Crippen LogP contribution in [0.2, 0.25) is 0 Å². The number of carbonyl (C=O) groups is 2. The van der Waals surface area contributed by atoms with Gasteiger partial charge in [-0.05, 0) is 68.3 Å². The molecule has 5 heteroatoms. The van der Waals surface area contributed by atoms with Crippen molar-refractivity contribution in [1.82, 2.24) is 0 Å². The van der Waals surface area contributed by atoms with E-state index in [1.54, 1.807) is 0 Å². The molecule has 138 valence electrons. The highest BCUT2D eigenvalue weighted by Gasteiger charge is 2.72. The summed E-state index contributed by atoms with van der Waals surface area (Å²) < 4.78 is 6.74. The van der Waals surface area contributed by atoms with E-state index in [-0.39, 0.29) is 34.3 Å². The molecule has 26 heavy (non-hydrogen) atoms. The minimum Gasteiger partial charge on any atom is -0.373 e. The van der Waals surface area contributed by atoms with E-state index < -0.39 is 0 Å². The van der Waals surface area contributed by atoms with Gasteiger partial charge in [-0.15, -0.1) is 0 Å². The highest BCUT2D eigenvalue weighted by atomic mass is 16.5. The number of rotatable bonds is 2. The smallest absolute Gasteiger partial charge is 0.238 e. The second-order valence-electron chi connectivity index (χ2n) is 9.82. The Morgan fingerprint density at radius 3 is 2.77 bits per heavy atom. The van der Waals surface area contributed by atoms with E-state index in [1.807, 2.05) is 6.08 Å². The summed E-state index contributed by atoms with van der Waals surface area (Å²) in [5, 5.41) is 7.82. The van der Waals surface area contributed by atoms with Crippen molar-refractivity contribution in [2.45, 2.75) is 70.1 Å². The zero-order valence-corrected chi connectivity index (χ0v) is 15.4. The van der Waals surface area contributed by atoms with E-state index in [4.69, 9.17) is 4.74 Å². The van der Waals surface area contributed by atoms with E-state index in [0.717, 1.165) is 51.6 Å². The standard InChI is InChI=1S/C21H26N2O3/c1-19-7-6-16-20-8-5-13(24)10-12(20)4-9-21(16,26-11-20)15(19)3-2-14(19)17(25)18-22-23-18/h10,14-16,18H,2-9,11H2,1H3. The maximum absolute atomic E-state index is 12.8. The average molecular weight is 354 g/mol. The van der Waals surface area contributed by atoms with Crippen LogP contribution in [0.25, 0.3) is 0 Å². The molecule has 2 aliphatic heterocycles. The maximum atomic E-state index is 12.8. The summed E-state index contributed by atoms with van der Waals surface area (Å²) >= 11 is 0. The van der Waals surface area contributed by atoms with Crippen LogP contribution in [0, 0.1) is 28.6 Å². The first-order valence-corrected chi connectivity index (χ1v) is 10.3. The molecular formula is C21H26N2O3. The molecule has 4 aliphatic carbocycles. The molecule has 0 aromatic heterocycles. The molecule has 0 N–H and O–H groups in total. The summed E-state index contributed by atoms with van der Waals surface area (Å²) in [6, 6.07) is 0. The molecule has 6 rings (SSSR count). The van der Waals surface area contributed by atoms with Gasteiger partial charge in [0.2, 0.25) is 6.17 Å². The number of ketones is 2. The summed E-state index contributed by atoms with van der Waals surface area (Å²) in [6.07, 6.45) is 9.53. The predicted molar refractivity (Wildman–Crippen MR) is 93.4 cm³/mol. The van der Waals surface area contributed by atoms with Crippen molar-refractivity contribution in [2.24, 2.45) is 38.8 Å². The lowest BCUT2D eigenvalue weighted by atomic mass is 9.46. The van der Waals surface area contributed by atoms with E-state index in [1.165, 1.54) is 5.57 Å². The number of nitrogens with zero attached hydrogens (tertiary/aromatic N) is 2. The van der Waals surface area contributed by atoms with Gasteiger partial charge in [0.25, 0.3) is 0 Å². The van der Waals surface area contributed by atoms with E-state index in [2.05, 4.69) is 17.2 Å². The Balaban J connectivity index is 1.39. The van der Waals surface area contributed by atoms with Crippen molar-refractivity contribution in [1.29, 1.82) is 0 Å².